The predicted octanol–water partition coefficient (Wildman–Crippen LogP) is 1.22. The van der Waals surface area contributed by atoms with E-state index in [4.69, 9.17) is 4.74 Å². The molecule has 130 valence electrons. The van der Waals surface area contributed by atoms with Crippen molar-refractivity contribution < 1.29 is 9.53 Å². The molecule has 0 spiro atoms. The summed E-state index contributed by atoms with van der Waals surface area (Å²) in [7, 11) is 1.51. The zero-order chi connectivity index (χ0) is 16.7. The van der Waals surface area contributed by atoms with Crippen LogP contribution < -0.4 is 10.2 Å². The van der Waals surface area contributed by atoms with Gasteiger partial charge in [-0.25, -0.2) is 0 Å². The van der Waals surface area contributed by atoms with E-state index in [9.17, 15) is 9.59 Å². The highest BCUT2D eigenvalue weighted by molar-refractivity contribution is 5.77. The van der Waals surface area contributed by atoms with Gasteiger partial charge in [0.15, 0.2) is 5.75 Å². The van der Waals surface area contributed by atoms with E-state index in [-0.39, 0.29) is 5.43 Å². The molecule has 1 aromatic rings. The van der Waals surface area contributed by atoms with Crippen LogP contribution in [-0.2, 0) is 11.3 Å². The second kappa shape index (κ2) is 6.24. The van der Waals surface area contributed by atoms with Crippen LogP contribution in [0.4, 0.5) is 0 Å². The molecule has 1 aromatic heterocycles. The SMILES string of the molecule is COc1c[nH]c(CN2CC3CC(C2)[C@@H]2CCCC(=O)N2C3)cc1=O. The number of nitrogens with zero attached hydrogens (tertiary/aromatic N) is 2. The lowest BCUT2D eigenvalue weighted by Crippen LogP contribution is -2.60. The maximum Gasteiger partial charge on any atom is 0.223 e. The Bertz CT molecular complexity index is 686. The molecule has 0 radical (unpaired) electrons. The fourth-order valence-electron chi connectivity index (χ4n) is 4.83. The van der Waals surface area contributed by atoms with Gasteiger partial charge in [0, 0.05) is 56.6 Å². The number of piperidine rings is 3. The summed E-state index contributed by atoms with van der Waals surface area (Å²) in [4.78, 5) is 31.9. The number of aromatic nitrogens is 1. The maximum atomic E-state index is 12.2. The summed E-state index contributed by atoms with van der Waals surface area (Å²) in [6, 6.07) is 2.07. The van der Waals surface area contributed by atoms with E-state index < -0.39 is 0 Å². The third-order valence-electron chi connectivity index (χ3n) is 5.81. The minimum atomic E-state index is -0.0764. The summed E-state index contributed by atoms with van der Waals surface area (Å²) in [6.07, 6.45) is 5.80. The zero-order valence-electron chi connectivity index (χ0n) is 14.2. The van der Waals surface area contributed by atoms with Crippen LogP contribution in [0.1, 0.15) is 31.4 Å². The van der Waals surface area contributed by atoms with Crippen molar-refractivity contribution in [3.05, 3.63) is 28.2 Å². The summed E-state index contributed by atoms with van der Waals surface area (Å²) < 4.78 is 5.03. The molecule has 0 aliphatic carbocycles. The van der Waals surface area contributed by atoms with Gasteiger partial charge in [-0.2, -0.15) is 0 Å². The topological polar surface area (TPSA) is 65.6 Å². The molecule has 3 fully saturated rings. The monoisotopic (exact) mass is 331 g/mol. The molecule has 1 amide bonds. The van der Waals surface area contributed by atoms with Gasteiger partial charge in [-0.1, -0.05) is 0 Å². The van der Waals surface area contributed by atoms with Crippen LogP contribution in [0.25, 0.3) is 0 Å². The molecule has 6 nitrogen and oxygen atoms in total. The van der Waals surface area contributed by atoms with Crippen molar-refractivity contribution in [3.63, 3.8) is 0 Å². The first-order chi connectivity index (χ1) is 11.6. The Hall–Kier alpha value is -1.82. The summed E-state index contributed by atoms with van der Waals surface area (Å²) in [5.41, 5.74) is 0.852. The highest BCUT2D eigenvalue weighted by Gasteiger charge is 2.43. The first-order valence-electron chi connectivity index (χ1n) is 8.91. The van der Waals surface area contributed by atoms with Gasteiger partial charge in [0.1, 0.15) is 0 Å². The number of hydrogen-bond acceptors (Lipinski definition) is 4. The Morgan fingerprint density at radius 2 is 2.17 bits per heavy atom. The van der Waals surface area contributed by atoms with Crippen LogP contribution in [0, 0.1) is 11.8 Å². The second-order valence-electron chi connectivity index (χ2n) is 7.45. The van der Waals surface area contributed by atoms with Gasteiger partial charge in [0.05, 0.1) is 7.11 Å². The number of hydrogen-bond donors (Lipinski definition) is 1. The van der Waals surface area contributed by atoms with E-state index in [1.807, 2.05) is 0 Å². The molecule has 3 saturated heterocycles. The molecule has 1 N–H and O–H groups in total. The van der Waals surface area contributed by atoms with Gasteiger partial charge in [-0.15, -0.1) is 0 Å². The lowest BCUT2D eigenvalue weighted by molar-refractivity contribution is -0.145. The Morgan fingerprint density at radius 1 is 1.29 bits per heavy atom. The molecule has 24 heavy (non-hydrogen) atoms. The van der Waals surface area contributed by atoms with Crippen molar-refractivity contribution in [1.82, 2.24) is 14.8 Å². The third-order valence-corrected chi connectivity index (χ3v) is 5.81. The largest absolute Gasteiger partial charge is 0.491 e. The fraction of sp³-hybridized carbons (Fsp3) is 0.667. The van der Waals surface area contributed by atoms with Crippen molar-refractivity contribution in [2.75, 3.05) is 26.7 Å². The van der Waals surface area contributed by atoms with Crippen LogP contribution in [0.2, 0.25) is 0 Å². The molecule has 4 heterocycles. The number of amides is 1. The van der Waals surface area contributed by atoms with E-state index in [1.54, 1.807) is 12.3 Å². The van der Waals surface area contributed by atoms with E-state index in [0.29, 0.717) is 29.5 Å². The van der Waals surface area contributed by atoms with E-state index >= 15 is 0 Å². The molecule has 2 unspecified atom stereocenters. The van der Waals surface area contributed by atoms with Gasteiger partial charge in [-0.3, -0.25) is 14.5 Å². The number of nitrogens with one attached hydrogen (secondary N) is 1. The lowest BCUT2D eigenvalue weighted by Gasteiger charge is -2.52. The summed E-state index contributed by atoms with van der Waals surface area (Å²) >= 11 is 0. The molecular weight excluding hydrogens is 306 g/mol. The first-order valence-corrected chi connectivity index (χ1v) is 8.91. The Kier molecular flexibility index (Phi) is 4.08. The average Bonchev–Trinajstić information content (AvgIpc) is 2.56. The summed E-state index contributed by atoms with van der Waals surface area (Å²) in [5, 5.41) is 0. The van der Waals surface area contributed by atoms with Crippen molar-refractivity contribution in [2.45, 2.75) is 38.3 Å². The molecule has 0 saturated carbocycles. The van der Waals surface area contributed by atoms with Gasteiger partial charge < -0.3 is 14.6 Å². The Balaban J connectivity index is 1.46. The summed E-state index contributed by atoms with van der Waals surface area (Å²) in [5.74, 6) is 1.85. The van der Waals surface area contributed by atoms with Gasteiger partial charge in [0.25, 0.3) is 0 Å². The standard InChI is InChI=1S/C18H25N3O3/c1-24-17-7-19-14(6-16(17)22)11-20-8-12-5-13(10-20)15-3-2-4-18(23)21(15)9-12/h6-7,12-13,15H,2-5,8-11H2,1H3,(H,19,22)/t12?,13?,15-/m0/s1. The summed E-state index contributed by atoms with van der Waals surface area (Å²) in [6.45, 7) is 3.68. The number of aromatic amines is 1. The highest BCUT2D eigenvalue weighted by Crippen LogP contribution is 2.38. The van der Waals surface area contributed by atoms with Gasteiger partial charge in [-0.05, 0) is 31.1 Å². The minimum absolute atomic E-state index is 0.0764. The Morgan fingerprint density at radius 3 is 2.96 bits per heavy atom. The molecule has 4 rings (SSSR count). The molecule has 6 heteroatoms. The second-order valence-corrected chi connectivity index (χ2v) is 7.45. The number of fused-ring (bicyclic) bond motifs is 4. The van der Waals surface area contributed by atoms with Crippen LogP contribution >= 0.6 is 0 Å². The van der Waals surface area contributed by atoms with Crippen LogP contribution in [0.15, 0.2) is 17.1 Å². The molecule has 0 aromatic carbocycles. The number of ether oxygens (including phenoxy) is 1. The number of pyridine rings is 1. The molecule has 3 aliphatic rings. The number of carbonyl (C=O) groups is 1. The lowest BCUT2D eigenvalue weighted by atomic mass is 9.76. The number of carbonyl (C=O) groups excluding carboxylic acids is 1. The van der Waals surface area contributed by atoms with E-state index in [1.165, 1.54) is 13.5 Å². The van der Waals surface area contributed by atoms with Crippen LogP contribution in [0.5, 0.6) is 5.75 Å². The Labute approximate surface area is 141 Å². The normalized spacial score (nSPS) is 30.1. The van der Waals surface area contributed by atoms with Crippen molar-refractivity contribution >= 4 is 5.91 Å². The zero-order valence-corrected chi connectivity index (χ0v) is 14.2. The van der Waals surface area contributed by atoms with Crippen molar-refractivity contribution in [3.8, 4) is 5.75 Å². The third kappa shape index (κ3) is 2.83. The average molecular weight is 331 g/mol. The van der Waals surface area contributed by atoms with Crippen LogP contribution in [0.3, 0.4) is 0 Å². The van der Waals surface area contributed by atoms with Crippen molar-refractivity contribution in [2.24, 2.45) is 11.8 Å². The van der Waals surface area contributed by atoms with E-state index in [0.717, 1.165) is 51.1 Å². The van der Waals surface area contributed by atoms with E-state index in [2.05, 4.69) is 14.8 Å². The minimum Gasteiger partial charge on any atom is -0.491 e. The smallest absolute Gasteiger partial charge is 0.223 e. The predicted molar refractivity (Wildman–Crippen MR) is 89.8 cm³/mol. The number of H-pyrrole nitrogens is 1. The molecule has 2 bridgehead atoms. The first kappa shape index (κ1) is 15.7. The number of rotatable bonds is 3. The van der Waals surface area contributed by atoms with Crippen molar-refractivity contribution in [1.29, 1.82) is 0 Å². The highest BCUT2D eigenvalue weighted by atomic mass is 16.5. The molecule has 3 aliphatic heterocycles. The number of likely N-dealkylation sites (tertiary alicyclic amines) is 1. The molecule has 3 atom stereocenters. The van der Waals surface area contributed by atoms with Gasteiger partial charge >= 0.3 is 0 Å². The molecular formula is C18H25N3O3. The fourth-order valence-corrected chi connectivity index (χ4v) is 4.83. The number of methoxy groups -OCH3 is 1. The quantitative estimate of drug-likeness (QED) is 0.904. The maximum absolute atomic E-state index is 12.2. The van der Waals surface area contributed by atoms with Gasteiger partial charge in [0.2, 0.25) is 11.3 Å². The van der Waals surface area contributed by atoms with Crippen LogP contribution in [-0.4, -0.2) is 53.5 Å².